The molecule has 6 fully saturated rings. The number of alkyl halides is 1. The van der Waals surface area contributed by atoms with Crippen LogP contribution in [-0.4, -0.2) is 218 Å². The van der Waals surface area contributed by atoms with Gasteiger partial charge in [0.2, 0.25) is 0 Å². The van der Waals surface area contributed by atoms with E-state index < -0.39 is 194 Å². The van der Waals surface area contributed by atoms with E-state index in [0.717, 1.165) is 16.7 Å². The van der Waals surface area contributed by atoms with E-state index in [1.165, 1.54) is 60.2 Å². The number of aliphatic hydroxyl groups excluding tert-OH is 7. The van der Waals surface area contributed by atoms with E-state index in [2.05, 4.69) is 22.6 Å². The summed E-state index contributed by atoms with van der Waals surface area (Å²) in [5.74, 6) is -7.41. The minimum atomic E-state index is -1.58. The normalized spacial score (nSPS) is 39.0. The van der Waals surface area contributed by atoms with Gasteiger partial charge in [0.15, 0.2) is 17.3 Å². The zero-order valence-electron chi connectivity index (χ0n) is 63.9. The second kappa shape index (κ2) is 42.7. The van der Waals surface area contributed by atoms with Crippen LogP contribution in [0.4, 0.5) is 0 Å². The number of thiocarbonyl (C=S) groups is 1. The van der Waals surface area contributed by atoms with Crippen molar-refractivity contribution in [3.63, 3.8) is 0 Å². The minimum Gasteiger partial charge on any atom is -0.462 e. The van der Waals surface area contributed by atoms with Crippen LogP contribution in [0.1, 0.15) is 170 Å². The quantitative estimate of drug-likeness (QED) is 0.0204. The Morgan fingerprint density at radius 1 is 0.495 bits per heavy atom. The molecule has 31 heteroatoms. The van der Waals surface area contributed by atoms with Crippen molar-refractivity contribution >= 4 is 86.0 Å². The van der Waals surface area contributed by atoms with Crippen molar-refractivity contribution in [3.05, 3.63) is 34.9 Å². The van der Waals surface area contributed by atoms with Crippen molar-refractivity contribution in [2.75, 3.05) is 31.0 Å². The Kier molecular flexibility index (Phi) is 45.2. The fraction of sp³-hybridized carbons (Fsp3) is 0.819. The van der Waals surface area contributed by atoms with Gasteiger partial charge in [-0.1, -0.05) is 108 Å². The summed E-state index contributed by atoms with van der Waals surface area (Å²) in [4.78, 5) is 79.0. The maximum absolute atomic E-state index is 13.8. The monoisotopic (exact) mass is 2880 g/mol. The predicted molar refractivity (Wildman–Crippen MR) is 375 cm³/mol. The molecule has 3 aliphatic heterocycles. The third-order valence-corrected chi connectivity index (χ3v) is 25.5. The van der Waals surface area contributed by atoms with Crippen molar-refractivity contribution in [1.29, 1.82) is 0 Å². The molecule has 3 saturated carbocycles. The Hall–Kier alpha value is 5.94. The number of ether oxygens (including phenoxy) is 6. The fourth-order valence-electron chi connectivity index (χ4n) is 19.0. The number of rotatable bonds is 16. The summed E-state index contributed by atoms with van der Waals surface area (Å²) in [6.07, 6.45) is -1.81. The molecule has 10 N–H and O–H groups in total. The number of hydrogen-bond donors (Lipinski definition) is 10. The first-order valence-electron chi connectivity index (χ1n) is 34.0. The summed E-state index contributed by atoms with van der Waals surface area (Å²) < 4.78 is 35.1. The molecule has 0 amide bonds. The van der Waals surface area contributed by atoms with Gasteiger partial charge in [0.1, 0.15) is 53.4 Å². The summed E-state index contributed by atoms with van der Waals surface area (Å²) in [6.45, 7) is 30.5. The van der Waals surface area contributed by atoms with Crippen LogP contribution < -0.4 is 0 Å². The molecular weight excluding hydrogens is 2770 g/mol. The molecule has 22 nitrogen and oxygen atoms in total. The molecule has 3 heterocycles. The zero-order valence-corrected chi connectivity index (χ0v) is 96.1. The largest absolute Gasteiger partial charge is 0.462 e. The number of hydrogen-bond acceptors (Lipinski definition) is 24. The summed E-state index contributed by atoms with van der Waals surface area (Å²) in [5, 5.41) is 109. The van der Waals surface area contributed by atoms with Crippen molar-refractivity contribution < 1.29 is 373 Å². The van der Waals surface area contributed by atoms with E-state index in [4.69, 9.17) is 40.6 Å². The third-order valence-electron chi connectivity index (χ3n) is 24.0. The van der Waals surface area contributed by atoms with Crippen LogP contribution in [-0.2, 0) is 57.2 Å². The molecule has 0 aromatic heterocycles. The first-order valence-corrected chi connectivity index (χ1v) is 37.8. The van der Waals surface area contributed by atoms with Crippen molar-refractivity contribution in [2.24, 2.45) is 73.9 Å². The second-order valence-electron chi connectivity index (χ2n) is 31.9. The van der Waals surface area contributed by atoms with Gasteiger partial charge in [-0.15, -0.1) is 11.8 Å². The van der Waals surface area contributed by atoms with Crippen LogP contribution in [0.3, 0.4) is 0 Å². The van der Waals surface area contributed by atoms with Gasteiger partial charge in [0, 0.05) is 344 Å². The van der Waals surface area contributed by atoms with Crippen LogP contribution in [0.15, 0.2) is 34.9 Å². The number of aliphatic hydroxyl groups is 10. The Labute approximate surface area is 848 Å². The summed E-state index contributed by atoms with van der Waals surface area (Å²) in [6, 6.07) is 0. The Balaban J connectivity index is 0.00000146. The van der Waals surface area contributed by atoms with Crippen LogP contribution in [0.25, 0.3) is 0 Å². The van der Waals surface area contributed by atoms with E-state index >= 15 is 0 Å². The van der Waals surface area contributed by atoms with Crippen molar-refractivity contribution in [2.45, 2.75) is 266 Å². The molecule has 570 valence electrons. The molecule has 3 saturated heterocycles. The molecule has 9 rings (SSSR count). The van der Waals surface area contributed by atoms with Gasteiger partial charge in [-0.05, 0) is 131 Å². The molecule has 3 unspecified atom stereocenters. The number of esters is 3. The number of halogens is 1. The summed E-state index contributed by atoms with van der Waals surface area (Å²) in [7, 11) is 0. The maximum atomic E-state index is 13.8. The number of ketones is 3. The molecule has 6 radical (unpaired) electrons. The van der Waals surface area contributed by atoms with Gasteiger partial charge < -0.3 is 79.5 Å². The van der Waals surface area contributed by atoms with Gasteiger partial charge in [-0.2, -0.15) is 0 Å². The maximum Gasteiger partial charge on any atom is 0.302 e. The molecule has 0 bridgehead atoms. The predicted octanol–water partition coefficient (Wildman–Crippen LogP) is 6.24. The third kappa shape index (κ3) is 22.3. The molecule has 0 aromatic rings. The van der Waals surface area contributed by atoms with Gasteiger partial charge in [0.25, 0.3) is 0 Å². The summed E-state index contributed by atoms with van der Waals surface area (Å²) in [5.41, 5.74) is -7.27. The Morgan fingerprint density at radius 3 is 1.08 bits per heavy atom. The van der Waals surface area contributed by atoms with E-state index in [9.17, 15) is 79.8 Å². The van der Waals surface area contributed by atoms with E-state index in [-0.39, 0.29) is 309 Å². The van der Waals surface area contributed by atoms with Crippen molar-refractivity contribution in [3.8, 4) is 0 Å². The second-order valence-corrected chi connectivity index (χ2v) is 33.5. The number of Topliss-reactive ketones (excluding diaryl/α,β-unsaturated/α-hetero) is 3. The molecule has 0 aromatic carbocycles. The first-order chi connectivity index (χ1) is 44.5. The SMILES string of the molecule is CC(=O)O[C@H](C1C[C@H](O)C(C)=CC1(C)C)[C@@H]1[C@]2(O)CO[C@@H]2CC[C@@]1(C)C(=O)[C@@H](C)O.CC(=O)O[C@H](C1C[C@H](O)C(C)=CC1(C)C)[C@@H]1[C@]2(O)CO[C@@H]2C[C@H](O)[C@@]1(C)C(=O)[C@@H](C)O.CI.CSC(=S)[C@H]1C[C@H]2OC[C@@]2(O)[C@@H]([C@H](OC(C)=O)C2C[C@H](O)C(C)=CC2(C)C)[C@]1(C)C(=O)[C@@H](C)O.[Ac].[Ac].[Ac].[Ac].[Ac].[Ac]. The number of carbonyl (C=O) groups excluding carboxylic acids is 6. The zero-order chi connectivity index (χ0) is 74.0. The van der Waals surface area contributed by atoms with E-state index in [1.807, 2.05) is 91.7 Å². The summed E-state index contributed by atoms with van der Waals surface area (Å²) >= 11 is 9.19. The average Bonchev–Trinajstić information content (AvgIpc) is 0.704. The van der Waals surface area contributed by atoms with Crippen molar-refractivity contribution in [1.82, 2.24) is 0 Å². The smallest absolute Gasteiger partial charge is 0.302 e. The van der Waals surface area contributed by atoms with Gasteiger partial charge in [-0.25, -0.2) is 0 Å². The topological polar surface area (TPSA) is 360 Å². The number of thioether (sulfide) groups is 1. The Morgan fingerprint density at radius 2 is 0.786 bits per heavy atom. The van der Waals surface area contributed by atoms with E-state index in [0.29, 0.717) is 36.3 Å². The molecule has 26 atom stereocenters. The number of carbonyl (C=O) groups is 6. The fourth-order valence-corrected chi connectivity index (χ4v) is 20.0. The van der Waals surface area contributed by atoms with Crippen LogP contribution >= 0.6 is 46.6 Å². The van der Waals surface area contributed by atoms with Crippen LogP contribution in [0.5, 0.6) is 0 Å². The van der Waals surface area contributed by atoms with Crippen LogP contribution in [0.2, 0.25) is 0 Å². The van der Waals surface area contributed by atoms with Gasteiger partial charge in [-0.3, -0.25) is 28.8 Å². The van der Waals surface area contributed by atoms with E-state index in [1.54, 1.807) is 13.8 Å². The van der Waals surface area contributed by atoms with Gasteiger partial charge >= 0.3 is 17.9 Å². The number of allylic oxidation sites excluding steroid dienone is 3. The molecule has 9 aliphatic rings. The van der Waals surface area contributed by atoms with Crippen LogP contribution in [0, 0.1) is 338 Å². The molecule has 0 spiro atoms. The first kappa shape index (κ1) is 109. The molecule has 6 aliphatic carbocycles. The van der Waals surface area contributed by atoms with Gasteiger partial charge in [0.05, 0.1) is 72.2 Å². The molecule has 103 heavy (non-hydrogen) atoms. The molecular formula is C72H113Ac6IO22S2. The average molecular weight is 2880 g/mol. The standard InChI is InChI=1S/C25H38O7S2.C23H36O8.C23H36O7.CH3I.6Ac/c1-12-10-23(4,5)15(8-17(12)28)19(32-14(3)27)20-24(6,21(29)13(2)26)16(22(33)34-7)9-18-25(20,30)11-31-18;1-11-9-21(4,5)14(7-15(11)26)18(31-13(3)25)19-22(6,20(28)12(2)24)16(27)8-17-23(19,29)10-30-17;1-12-10-21(4,5)15(9-16(12)26)18(30-14(3)25)19-22(6,20(27)13(2)24)8-7-17-23(19,28)11-29-17;1-2;;;;;;/h10,13,15-20,26,28,30H,8-9,11H2,1-7H3;9,12,14-19,24,26-27,29H,7-8,10H2,1-6H3;10,13,15-19,24,26,28H,7-9,11H2,1-6H3;1H3;;;;;;/t13-,15?,16-,17+,18-,19-,20+,24-,25+;12-,14?,15+,16+,17-,18-,19+,22-,23+;13-,15?,16+,17-,18-,19+,22-,23+;;;;;;;/m111......./s1. The Bertz CT molecular complexity index is 3070. The minimum absolute atomic E-state index is 0. The number of fused-ring (bicyclic) bond motifs is 3.